The topological polar surface area (TPSA) is 26.3 Å². The van der Waals surface area contributed by atoms with Crippen molar-refractivity contribution >= 4 is 5.97 Å². The molecular weight excluding hydrogens is 212 g/mol. The maximum absolute atomic E-state index is 11.7. The molecule has 2 atom stereocenters. The minimum atomic E-state index is -0.0925. The van der Waals surface area contributed by atoms with Gasteiger partial charge >= 0.3 is 5.97 Å². The number of esters is 1. The summed E-state index contributed by atoms with van der Waals surface area (Å²) in [6.45, 7) is 12.7. The van der Waals surface area contributed by atoms with Crippen LogP contribution in [0.1, 0.15) is 47.0 Å². The van der Waals surface area contributed by atoms with Crippen LogP contribution in [-0.2, 0) is 9.53 Å². The van der Waals surface area contributed by atoms with E-state index in [-0.39, 0.29) is 11.4 Å². The lowest BCUT2D eigenvalue weighted by Crippen LogP contribution is -2.29. The van der Waals surface area contributed by atoms with Crippen LogP contribution in [0.25, 0.3) is 0 Å². The fourth-order valence-corrected chi connectivity index (χ4v) is 2.47. The molecule has 1 aliphatic carbocycles. The Morgan fingerprint density at radius 3 is 2.82 bits per heavy atom. The molecule has 0 saturated heterocycles. The Balaban J connectivity index is 2.78. The van der Waals surface area contributed by atoms with E-state index in [1.807, 2.05) is 6.92 Å². The Morgan fingerprint density at radius 2 is 2.29 bits per heavy atom. The molecule has 0 amide bonds. The van der Waals surface area contributed by atoms with E-state index in [2.05, 4.69) is 33.4 Å². The van der Waals surface area contributed by atoms with Crippen molar-refractivity contribution in [2.45, 2.75) is 47.0 Å². The number of ether oxygens (including phenoxy) is 1. The van der Waals surface area contributed by atoms with Crippen LogP contribution in [0.2, 0.25) is 0 Å². The number of hydrogen-bond acceptors (Lipinski definition) is 2. The molecule has 96 valence electrons. The molecule has 0 bridgehead atoms. The largest absolute Gasteiger partial charge is 0.466 e. The second-order valence-corrected chi connectivity index (χ2v) is 5.41. The number of carbonyl (C=O) groups excluding carboxylic acids is 1. The van der Waals surface area contributed by atoms with Crippen LogP contribution in [-0.4, -0.2) is 12.6 Å². The van der Waals surface area contributed by atoms with Gasteiger partial charge in [-0.05, 0) is 44.9 Å². The summed E-state index contributed by atoms with van der Waals surface area (Å²) in [4.78, 5) is 11.7. The van der Waals surface area contributed by atoms with E-state index in [9.17, 15) is 4.79 Å². The molecule has 1 aliphatic rings. The fraction of sp³-hybridized carbons (Fsp3) is 0.667. The Labute approximate surface area is 105 Å². The van der Waals surface area contributed by atoms with Crippen LogP contribution in [0.4, 0.5) is 0 Å². The Kier molecular flexibility index (Phi) is 4.55. The van der Waals surface area contributed by atoms with Gasteiger partial charge in [-0.15, -0.1) is 0 Å². The Bertz CT molecular complexity index is 341. The van der Waals surface area contributed by atoms with E-state index in [0.717, 1.165) is 12.8 Å². The zero-order valence-electron chi connectivity index (χ0n) is 11.5. The third-order valence-electron chi connectivity index (χ3n) is 3.89. The minimum Gasteiger partial charge on any atom is -0.466 e. The number of allylic oxidation sites excluding steroid dienone is 3. The van der Waals surface area contributed by atoms with Crippen molar-refractivity contribution in [3.63, 3.8) is 0 Å². The maximum Gasteiger partial charge on any atom is 0.306 e. The highest BCUT2D eigenvalue weighted by molar-refractivity contribution is 5.71. The molecule has 0 heterocycles. The minimum absolute atomic E-state index is 0.0614. The van der Waals surface area contributed by atoms with Crippen LogP contribution in [0.15, 0.2) is 23.8 Å². The Morgan fingerprint density at radius 1 is 1.65 bits per heavy atom. The molecule has 0 fully saturated rings. The molecule has 0 aromatic heterocycles. The second-order valence-electron chi connectivity index (χ2n) is 5.41. The van der Waals surface area contributed by atoms with Crippen LogP contribution in [0.3, 0.4) is 0 Å². The van der Waals surface area contributed by atoms with Crippen LogP contribution < -0.4 is 0 Å². The predicted octanol–water partition coefficient (Wildman–Crippen LogP) is 3.88. The molecule has 0 aromatic carbocycles. The van der Waals surface area contributed by atoms with Crippen molar-refractivity contribution in [3.8, 4) is 0 Å². The first-order valence-electron chi connectivity index (χ1n) is 6.37. The quantitative estimate of drug-likeness (QED) is 0.547. The average molecular weight is 236 g/mol. The molecule has 17 heavy (non-hydrogen) atoms. The standard InChI is InChI=1S/C15H24O2/c1-6-17-14(16)10-15(5)9-13(11(2)3)8-7-12(15)4/h7,13H,2,6,8-10H2,1,3-5H3/t13-,15+/m1/s1. The molecule has 1 rings (SSSR count). The first-order chi connectivity index (χ1) is 7.89. The van der Waals surface area contributed by atoms with Gasteiger partial charge in [-0.3, -0.25) is 4.79 Å². The highest BCUT2D eigenvalue weighted by atomic mass is 16.5. The van der Waals surface area contributed by atoms with Crippen molar-refractivity contribution in [2.24, 2.45) is 11.3 Å². The molecule has 0 N–H and O–H groups in total. The summed E-state index contributed by atoms with van der Waals surface area (Å²) in [7, 11) is 0. The molecule has 0 spiro atoms. The molecule has 2 nitrogen and oxygen atoms in total. The van der Waals surface area contributed by atoms with E-state index >= 15 is 0 Å². The van der Waals surface area contributed by atoms with Crippen molar-refractivity contribution in [1.82, 2.24) is 0 Å². The van der Waals surface area contributed by atoms with E-state index in [1.54, 1.807) is 0 Å². The molecular formula is C15H24O2. The first kappa shape index (κ1) is 14.0. The van der Waals surface area contributed by atoms with Gasteiger partial charge in [0.05, 0.1) is 13.0 Å². The summed E-state index contributed by atoms with van der Waals surface area (Å²) in [5, 5.41) is 0. The average Bonchev–Trinajstić information content (AvgIpc) is 2.22. The van der Waals surface area contributed by atoms with Gasteiger partial charge in [0.1, 0.15) is 0 Å². The normalized spacial score (nSPS) is 28.5. The molecule has 0 unspecified atom stereocenters. The van der Waals surface area contributed by atoms with E-state index < -0.39 is 0 Å². The van der Waals surface area contributed by atoms with Gasteiger partial charge in [-0.25, -0.2) is 0 Å². The predicted molar refractivity (Wildman–Crippen MR) is 70.7 cm³/mol. The van der Waals surface area contributed by atoms with Crippen molar-refractivity contribution in [3.05, 3.63) is 23.8 Å². The van der Waals surface area contributed by atoms with Crippen LogP contribution in [0.5, 0.6) is 0 Å². The van der Waals surface area contributed by atoms with Crippen LogP contribution >= 0.6 is 0 Å². The van der Waals surface area contributed by atoms with E-state index in [4.69, 9.17) is 4.74 Å². The smallest absolute Gasteiger partial charge is 0.306 e. The summed E-state index contributed by atoms with van der Waals surface area (Å²) in [6, 6.07) is 0. The van der Waals surface area contributed by atoms with E-state index in [0.29, 0.717) is 18.9 Å². The summed E-state index contributed by atoms with van der Waals surface area (Å²) in [5.41, 5.74) is 2.46. The van der Waals surface area contributed by atoms with Gasteiger partial charge in [0, 0.05) is 0 Å². The van der Waals surface area contributed by atoms with E-state index in [1.165, 1.54) is 11.1 Å². The Hall–Kier alpha value is -1.05. The van der Waals surface area contributed by atoms with Crippen molar-refractivity contribution in [1.29, 1.82) is 0 Å². The van der Waals surface area contributed by atoms with Gasteiger partial charge in [-0.2, -0.15) is 0 Å². The number of carbonyl (C=O) groups is 1. The lowest BCUT2D eigenvalue weighted by atomic mass is 9.67. The van der Waals surface area contributed by atoms with Gasteiger partial charge in [0.15, 0.2) is 0 Å². The SMILES string of the molecule is C=C(C)[C@@H]1CC=C(C)[C@](C)(CC(=O)OCC)C1. The molecule has 2 heteroatoms. The third-order valence-corrected chi connectivity index (χ3v) is 3.89. The zero-order chi connectivity index (χ0) is 13.1. The van der Waals surface area contributed by atoms with Crippen LogP contribution in [0, 0.1) is 11.3 Å². The third kappa shape index (κ3) is 3.45. The van der Waals surface area contributed by atoms with Gasteiger partial charge in [0.2, 0.25) is 0 Å². The monoisotopic (exact) mass is 236 g/mol. The molecule has 0 saturated carbocycles. The summed E-state index contributed by atoms with van der Waals surface area (Å²) >= 11 is 0. The van der Waals surface area contributed by atoms with Crippen molar-refractivity contribution < 1.29 is 9.53 Å². The highest BCUT2D eigenvalue weighted by Gasteiger charge is 2.35. The van der Waals surface area contributed by atoms with Gasteiger partial charge in [0.25, 0.3) is 0 Å². The zero-order valence-corrected chi connectivity index (χ0v) is 11.5. The van der Waals surface area contributed by atoms with Gasteiger partial charge in [-0.1, -0.05) is 30.7 Å². The molecule has 0 aromatic rings. The fourth-order valence-electron chi connectivity index (χ4n) is 2.47. The number of hydrogen-bond donors (Lipinski definition) is 0. The maximum atomic E-state index is 11.7. The number of rotatable bonds is 4. The van der Waals surface area contributed by atoms with Crippen molar-refractivity contribution in [2.75, 3.05) is 6.61 Å². The molecule has 0 aliphatic heterocycles. The second kappa shape index (κ2) is 5.52. The first-order valence-corrected chi connectivity index (χ1v) is 6.37. The highest BCUT2D eigenvalue weighted by Crippen LogP contribution is 2.44. The lowest BCUT2D eigenvalue weighted by Gasteiger charge is -2.37. The summed E-state index contributed by atoms with van der Waals surface area (Å²) in [6.07, 6.45) is 4.79. The lowest BCUT2D eigenvalue weighted by molar-refractivity contribution is -0.145. The summed E-state index contributed by atoms with van der Waals surface area (Å²) in [5.74, 6) is 0.406. The molecule has 0 radical (unpaired) electrons. The summed E-state index contributed by atoms with van der Waals surface area (Å²) < 4.78 is 5.07. The van der Waals surface area contributed by atoms with Gasteiger partial charge < -0.3 is 4.74 Å².